The van der Waals surface area contributed by atoms with E-state index in [0.29, 0.717) is 37.6 Å². The van der Waals surface area contributed by atoms with E-state index in [1.165, 1.54) is 12.1 Å². The van der Waals surface area contributed by atoms with Crippen LogP contribution in [0.1, 0.15) is 83.1 Å². The van der Waals surface area contributed by atoms with E-state index in [0.717, 1.165) is 29.7 Å². The molecule has 0 radical (unpaired) electrons. The van der Waals surface area contributed by atoms with Crippen LogP contribution in [-0.4, -0.2) is 63.7 Å². The monoisotopic (exact) mass is 689 g/mol. The van der Waals surface area contributed by atoms with Gasteiger partial charge in [0.15, 0.2) is 11.2 Å². The molecule has 0 aliphatic carbocycles. The Morgan fingerprint density at radius 1 is 0.898 bits per heavy atom. The zero-order valence-corrected chi connectivity index (χ0v) is 28.5. The summed E-state index contributed by atoms with van der Waals surface area (Å²) in [5.74, 6) is -1.77. The number of benzene rings is 2. The topological polar surface area (TPSA) is 136 Å². The molecule has 0 unspecified atom stereocenters. The Balaban J connectivity index is 1.66. The summed E-state index contributed by atoms with van der Waals surface area (Å²) in [5.41, 5.74) is -6.29. The molecule has 1 saturated heterocycles. The van der Waals surface area contributed by atoms with Crippen molar-refractivity contribution in [2.45, 2.75) is 91.1 Å². The SMILES string of the molecule is CC(C)(C)OC(=O)C(CCn1nnc2cc(C(F)(F)F)ccc2c1=O)(CC(=O)c1ccc(OCC2CCOCC2)cc1)C(=O)OC(C)(C)C. The van der Waals surface area contributed by atoms with Crippen molar-refractivity contribution in [1.82, 2.24) is 15.0 Å². The number of carbonyl (C=O) groups is 3. The van der Waals surface area contributed by atoms with Crippen LogP contribution in [0.15, 0.2) is 47.3 Å². The minimum atomic E-state index is -4.66. The fourth-order valence-electron chi connectivity index (χ4n) is 5.21. The molecule has 0 spiro atoms. The van der Waals surface area contributed by atoms with E-state index in [-0.39, 0.29) is 16.5 Å². The number of esters is 2. The maximum absolute atomic E-state index is 14.0. The number of aryl methyl sites for hydroxylation is 1. The van der Waals surface area contributed by atoms with Gasteiger partial charge in [-0.3, -0.25) is 19.2 Å². The Bertz CT molecular complexity index is 1690. The van der Waals surface area contributed by atoms with Gasteiger partial charge < -0.3 is 18.9 Å². The fraction of sp³-hybridized carbons (Fsp3) is 0.543. The van der Waals surface area contributed by atoms with Gasteiger partial charge in [0.05, 0.1) is 17.6 Å². The smallest absolute Gasteiger partial charge is 0.416 e. The van der Waals surface area contributed by atoms with E-state index in [4.69, 9.17) is 18.9 Å². The quantitative estimate of drug-likeness (QED) is 0.135. The van der Waals surface area contributed by atoms with E-state index < -0.39 is 71.0 Å². The Morgan fingerprint density at radius 3 is 2.04 bits per heavy atom. The van der Waals surface area contributed by atoms with Gasteiger partial charge in [0.25, 0.3) is 5.56 Å². The molecule has 0 amide bonds. The summed E-state index contributed by atoms with van der Waals surface area (Å²) in [7, 11) is 0. The second-order valence-electron chi connectivity index (χ2n) is 14.2. The van der Waals surface area contributed by atoms with E-state index in [2.05, 4.69) is 10.3 Å². The molecule has 1 fully saturated rings. The van der Waals surface area contributed by atoms with Crippen molar-refractivity contribution in [2.75, 3.05) is 19.8 Å². The number of aromatic nitrogens is 3. The van der Waals surface area contributed by atoms with Gasteiger partial charge in [-0.15, -0.1) is 5.10 Å². The third-order valence-electron chi connectivity index (χ3n) is 7.85. The third kappa shape index (κ3) is 9.87. The van der Waals surface area contributed by atoms with Crippen LogP contribution in [0.5, 0.6) is 5.75 Å². The molecular weight excluding hydrogens is 647 g/mol. The first kappa shape index (κ1) is 37.5. The van der Waals surface area contributed by atoms with E-state index in [1.54, 1.807) is 53.7 Å². The highest BCUT2D eigenvalue weighted by Gasteiger charge is 2.52. The second kappa shape index (κ2) is 14.7. The van der Waals surface area contributed by atoms with Gasteiger partial charge in [-0.2, -0.15) is 13.2 Å². The van der Waals surface area contributed by atoms with Crippen LogP contribution < -0.4 is 10.3 Å². The first-order chi connectivity index (χ1) is 22.8. The number of hydrogen-bond acceptors (Lipinski definition) is 10. The lowest BCUT2D eigenvalue weighted by Crippen LogP contribution is -2.49. The zero-order valence-electron chi connectivity index (χ0n) is 28.5. The maximum Gasteiger partial charge on any atom is 0.416 e. The zero-order chi connectivity index (χ0) is 36.2. The van der Waals surface area contributed by atoms with Gasteiger partial charge in [-0.25, -0.2) is 4.68 Å². The van der Waals surface area contributed by atoms with Crippen molar-refractivity contribution < 1.29 is 46.5 Å². The summed E-state index contributed by atoms with van der Waals surface area (Å²) in [6, 6.07) is 8.77. The molecule has 0 saturated carbocycles. The maximum atomic E-state index is 14.0. The van der Waals surface area contributed by atoms with Gasteiger partial charge in [-0.1, -0.05) is 5.21 Å². The molecule has 0 N–H and O–H groups in total. The molecule has 3 aromatic rings. The number of alkyl halides is 3. The molecule has 4 rings (SSSR count). The van der Waals surface area contributed by atoms with Gasteiger partial charge in [0.1, 0.15) is 22.5 Å². The normalized spacial score (nSPS) is 14.8. The number of ether oxygens (including phenoxy) is 4. The van der Waals surface area contributed by atoms with Gasteiger partial charge in [0, 0.05) is 31.7 Å². The third-order valence-corrected chi connectivity index (χ3v) is 7.85. The van der Waals surface area contributed by atoms with Crippen molar-refractivity contribution >= 4 is 28.6 Å². The van der Waals surface area contributed by atoms with Crippen LogP contribution in [0.25, 0.3) is 10.9 Å². The molecule has 0 bridgehead atoms. The summed E-state index contributed by atoms with van der Waals surface area (Å²) < 4.78 is 63.1. The number of ketones is 1. The molecule has 0 atom stereocenters. The van der Waals surface area contributed by atoms with Gasteiger partial charge in [-0.05, 0) is 109 Å². The Hall–Kier alpha value is -4.33. The standard InChI is InChI=1S/C35H42F3N3O8/c1-32(2,3)48-30(44)34(31(45)49-33(4,5)6,15-16-41-29(43)26-12-9-24(35(36,37)38)19-27(26)39-40-41)20-28(42)23-7-10-25(11-8-23)47-21-22-13-17-46-18-14-22/h7-12,19,22H,13-18,20-21H2,1-6H3. The average molecular weight is 690 g/mol. The van der Waals surface area contributed by atoms with Crippen LogP contribution >= 0.6 is 0 Å². The summed E-state index contributed by atoms with van der Waals surface area (Å²) in [6.45, 7) is 11.0. The van der Waals surface area contributed by atoms with E-state index in [9.17, 15) is 32.3 Å². The average Bonchev–Trinajstić information content (AvgIpc) is 3.01. The Kier molecular flexibility index (Phi) is 11.2. The molecule has 11 nitrogen and oxygen atoms in total. The van der Waals surface area contributed by atoms with Crippen molar-refractivity contribution in [3.63, 3.8) is 0 Å². The highest BCUT2D eigenvalue weighted by molar-refractivity contribution is 6.07. The van der Waals surface area contributed by atoms with Gasteiger partial charge >= 0.3 is 18.1 Å². The molecule has 1 aromatic heterocycles. The van der Waals surface area contributed by atoms with Crippen molar-refractivity contribution in [3.8, 4) is 5.75 Å². The van der Waals surface area contributed by atoms with Crippen molar-refractivity contribution in [1.29, 1.82) is 0 Å². The predicted octanol–water partition coefficient (Wildman–Crippen LogP) is 5.95. The van der Waals surface area contributed by atoms with Gasteiger partial charge in [0.2, 0.25) is 0 Å². The van der Waals surface area contributed by atoms with Crippen LogP contribution in [-0.2, 0) is 36.5 Å². The summed E-state index contributed by atoms with van der Waals surface area (Å²) in [6.07, 6.45) is -4.02. The fourth-order valence-corrected chi connectivity index (χ4v) is 5.21. The van der Waals surface area contributed by atoms with Crippen LogP contribution in [0.3, 0.4) is 0 Å². The van der Waals surface area contributed by atoms with E-state index >= 15 is 0 Å². The second-order valence-corrected chi connectivity index (χ2v) is 14.2. The highest BCUT2D eigenvalue weighted by atomic mass is 19.4. The molecule has 49 heavy (non-hydrogen) atoms. The van der Waals surface area contributed by atoms with Crippen molar-refractivity contribution in [3.05, 3.63) is 63.9 Å². The summed E-state index contributed by atoms with van der Waals surface area (Å²) >= 11 is 0. The molecule has 1 aliphatic heterocycles. The number of halogens is 3. The summed E-state index contributed by atoms with van der Waals surface area (Å²) in [4.78, 5) is 55.1. The lowest BCUT2D eigenvalue weighted by molar-refractivity contribution is -0.186. The predicted molar refractivity (Wildman–Crippen MR) is 172 cm³/mol. The van der Waals surface area contributed by atoms with Crippen molar-refractivity contribution in [2.24, 2.45) is 11.3 Å². The molecule has 1 aliphatic rings. The first-order valence-corrected chi connectivity index (χ1v) is 16.0. The Labute approximate surface area is 282 Å². The number of fused-ring (bicyclic) bond motifs is 1. The lowest BCUT2D eigenvalue weighted by Gasteiger charge is -2.34. The number of carbonyl (C=O) groups excluding carboxylic acids is 3. The molecular formula is C35H42F3N3O8. The molecule has 14 heteroatoms. The highest BCUT2D eigenvalue weighted by Crippen LogP contribution is 2.36. The molecule has 266 valence electrons. The van der Waals surface area contributed by atoms with Crippen LogP contribution in [0.2, 0.25) is 0 Å². The van der Waals surface area contributed by atoms with E-state index in [1.807, 2.05) is 0 Å². The minimum absolute atomic E-state index is 0.154. The Morgan fingerprint density at radius 2 is 1.49 bits per heavy atom. The molecule has 2 heterocycles. The van der Waals surface area contributed by atoms with Crippen LogP contribution in [0, 0.1) is 11.3 Å². The molecule has 2 aromatic carbocycles. The number of rotatable bonds is 11. The number of hydrogen-bond donors (Lipinski definition) is 0. The minimum Gasteiger partial charge on any atom is -0.493 e. The largest absolute Gasteiger partial charge is 0.493 e. The number of nitrogens with zero attached hydrogens (tertiary/aromatic N) is 3. The first-order valence-electron chi connectivity index (χ1n) is 16.0. The summed E-state index contributed by atoms with van der Waals surface area (Å²) in [5, 5.41) is 7.40. The number of Topliss-reactive ketones (excluding diaryl/α,β-unsaturated/α-hetero) is 1. The van der Waals surface area contributed by atoms with Crippen LogP contribution in [0.4, 0.5) is 13.2 Å². The lowest BCUT2D eigenvalue weighted by atomic mass is 9.78.